The summed E-state index contributed by atoms with van der Waals surface area (Å²) in [6.07, 6.45) is 2.27. The van der Waals surface area contributed by atoms with Gasteiger partial charge in [-0.1, -0.05) is 57.2 Å². The molecule has 108 valence electrons. The van der Waals surface area contributed by atoms with Crippen molar-refractivity contribution in [2.75, 3.05) is 6.54 Å². The van der Waals surface area contributed by atoms with Crippen LogP contribution >= 0.6 is 11.3 Å². The lowest BCUT2D eigenvalue weighted by atomic mass is 9.90. The molecule has 0 saturated heterocycles. The highest BCUT2D eigenvalue weighted by Crippen LogP contribution is 2.26. The van der Waals surface area contributed by atoms with Crippen molar-refractivity contribution in [2.45, 2.75) is 45.1 Å². The minimum Gasteiger partial charge on any atom is -0.313 e. The zero-order valence-electron chi connectivity index (χ0n) is 12.7. The van der Waals surface area contributed by atoms with E-state index in [2.05, 4.69) is 73.9 Å². The normalized spacial score (nSPS) is 13.3. The van der Waals surface area contributed by atoms with Gasteiger partial charge in [0.05, 0.1) is 0 Å². The van der Waals surface area contributed by atoms with E-state index < -0.39 is 0 Å². The van der Waals surface area contributed by atoms with Crippen molar-refractivity contribution in [3.63, 3.8) is 0 Å². The zero-order chi connectivity index (χ0) is 14.4. The van der Waals surface area contributed by atoms with Gasteiger partial charge in [-0.05, 0) is 29.9 Å². The molecular formula is C18H25NS. The Kier molecular flexibility index (Phi) is 5.38. The molecule has 1 aromatic heterocycles. The Morgan fingerprint density at radius 1 is 1.10 bits per heavy atom. The van der Waals surface area contributed by atoms with E-state index in [0.29, 0.717) is 6.04 Å². The topological polar surface area (TPSA) is 12.0 Å². The maximum Gasteiger partial charge on any atom is 0.0115 e. The Balaban J connectivity index is 1.91. The monoisotopic (exact) mass is 287 g/mol. The lowest BCUT2D eigenvalue weighted by Gasteiger charge is -2.27. The highest BCUT2D eigenvalue weighted by molar-refractivity contribution is 7.10. The lowest BCUT2D eigenvalue weighted by Crippen LogP contribution is -2.39. The first kappa shape index (κ1) is 15.3. The number of nitrogens with one attached hydrogen (secondary N) is 1. The van der Waals surface area contributed by atoms with Gasteiger partial charge in [0.25, 0.3) is 0 Å². The molecule has 2 rings (SSSR count). The van der Waals surface area contributed by atoms with Gasteiger partial charge in [-0.25, -0.2) is 0 Å². The second-order valence-electron chi connectivity index (χ2n) is 6.04. The molecule has 0 amide bonds. The molecule has 1 nitrogen and oxygen atoms in total. The van der Waals surface area contributed by atoms with Crippen LogP contribution in [0, 0.1) is 0 Å². The third kappa shape index (κ3) is 4.19. The third-order valence-electron chi connectivity index (χ3n) is 3.84. The molecule has 1 aromatic carbocycles. The average Bonchev–Trinajstić information content (AvgIpc) is 2.99. The van der Waals surface area contributed by atoms with Crippen LogP contribution in [0.5, 0.6) is 0 Å². The fourth-order valence-corrected chi connectivity index (χ4v) is 3.26. The van der Waals surface area contributed by atoms with Crippen molar-refractivity contribution in [1.82, 2.24) is 5.32 Å². The van der Waals surface area contributed by atoms with Crippen LogP contribution in [0.3, 0.4) is 0 Å². The van der Waals surface area contributed by atoms with Gasteiger partial charge in [-0.2, -0.15) is 0 Å². The molecular weight excluding hydrogens is 262 g/mol. The lowest BCUT2D eigenvalue weighted by molar-refractivity contribution is 0.412. The van der Waals surface area contributed by atoms with Crippen LogP contribution in [-0.2, 0) is 11.8 Å². The van der Waals surface area contributed by atoms with Gasteiger partial charge in [0.1, 0.15) is 0 Å². The van der Waals surface area contributed by atoms with Crippen molar-refractivity contribution in [1.29, 1.82) is 0 Å². The van der Waals surface area contributed by atoms with Crippen LogP contribution in [0.1, 0.15) is 37.6 Å². The molecule has 0 spiro atoms. The smallest absolute Gasteiger partial charge is 0.0115 e. The van der Waals surface area contributed by atoms with E-state index in [1.165, 1.54) is 10.4 Å². The quantitative estimate of drug-likeness (QED) is 0.782. The number of rotatable bonds is 7. The first-order chi connectivity index (χ1) is 9.62. The maximum absolute atomic E-state index is 3.75. The van der Waals surface area contributed by atoms with Crippen LogP contribution in [0.4, 0.5) is 0 Å². The Morgan fingerprint density at radius 2 is 1.85 bits per heavy atom. The van der Waals surface area contributed by atoms with E-state index in [9.17, 15) is 0 Å². The highest BCUT2D eigenvalue weighted by Gasteiger charge is 2.22. The molecule has 2 aromatic rings. The predicted molar refractivity (Wildman–Crippen MR) is 89.6 cm³/mol. The molecule has 2 heteroatoms. The minimum atomic E-state index is 0.207. The molecule has 1 unspecified atom stereocenters. The summed E-state index contributed by atoms with van der Waals surface area (Å²) in [7, 11) is 0. The minimum absolute atomic E-state index is 0.207. The molecule has 1 atom stereocenters. The molecule has 20 heavy (non-hydrogen) atoms. The Bertz CT molecular complexity index is 487. The molecule has 0 fully saturated rings. The number of benzene rings is 1. The predicted octanol–water partition coefficient (Wildman–Crippen LogP) is 4.64. The summed E-state index contributed by atoms with van der Waals surface area (Å²) >= 11 is 1.85. The van der Waals surface area contributed by atoms with Gasteiger partial charge in [0.15, 0.2) is 0 Å². The first-order valence-electron chi connectivity index (χ1n) is 7.43. The van der Waals surface area contributed by atoms with E-state index in [0.717, 1.165) is 19.4 Å². The summed E-state index contributed by atoms with van der Waals surface area (Å²) in [5.74, 6) is 0. The van der Waals surface area contributed by atoms with Gasteiger partial charge < -0.3 is 5.32 Å². The Labute approximate surface area is 127 Å². The molecule has 0 aliphatic rings. The highest BCUT2D eigenvalue weighted by atomic mass is 32.1. The van der Waals surface area contributed by atoms with Crippen molar-refractivity contribution < 1.29 is 0 Å². The molecule has 1 N–H and O–H groups in total. The van der Waals surface area contributed by atoms with Gasteiger partial charge in [-0.3, -0.25) is 0 Å². The van der Waals surface area contributed by atoms with E-state index >= 15 is 0 Å². The van der Waals surface area contributed by atoms with Crippen molar-refractivity contribution in [3.8, 4) is 0 Å². The molecule has 0 aliphatic carbocycles. The third-order valence-corrected chi connectivity index (χ3v) is 5.07. The molecule has 0 bridgehead atoms. The zero-order valence-corrected chi connectivity index (χ0v) is 13.5. The van der Waals surface area contributed by atoms with Gasteiger partial charge in [-0.15, -0.1) is 11.3 Å². The summed E-state index contributed by atoms with van der Waals surface area (Å²) in [6, 6.07) is 15.7. The van der Waals surface area contributed by atoms with Crippen molar-refractivity contribution >= 4 is 11.3 Å². The van der Waals surface area contributed by atoms with E-state index in [1.54, 1.807) is 0 Å². The van der Waals surface area contributed by atoms with Crippen LogP contribution in [0.2, 0.25) is 0 Å². The van der Waals surface area contributed by atoms with Crippen molar-refractivity contribution in [3.05, 3.63) is 58.3 Å². The maximum atomic E-state index is 3.75. The van der Waals surface area contributed by atoms with E-state index in [4.69, 9.17) is 0 Å². The number of hydrogen-bond acceptors (Lipinski definition) is 2. The number of hydrogen-bond donors (Lipinski definition) is 1. The van der Waals surface area contributed by atoms with Crippen molar-refractivity contribution in [2.24, 2.45) is 0 Å². The van der Waals surface area contributed by atoms with Gasteiger partial charge in [0.2, 0.25) is 0 Å². The summed E-state index contributed by atoms with van der Waals surface area (Å²) < 4.78 is 0. The second-order valence-corrected chi connectivity index (χ2v) is 6.98. The summed E-state index contributed by atoms with van der Waals surface area (Å²) in [5, 5.41) is 5.92. The fraction of sp³-hybridized carbons (Fsp3) is 0.444. The van der Waals surface area contributed by atoms with Gasteiger partial charge in [0, 0.05) is 22.9 Å². The fourth-order valence-electron chi connectivity index (χ4n) is 2.41. The van der Waals surface area contributed by atoms with E-state index in [-0.39, 0.29) is 5.41 Å². The number of thiophene rings is 1. The molecule has 0 saturated carbocycles. The van der Waals surface area contributed by atoms with Gasteiger partial charge >= 0.3 is 0 Å². The SMILES string of the molecule is CCC(Cc1ccccc1)NCC(C)(C)c1cccs1. The largest absolute Gasteiger partial charge is 0.313 e. The molecule has 1 heterocycles. The summed E-state index contributed by atoms with van der Waals surface area (Å²) in [5.41, 5.74) is 1.62. The second kappa shape index (κ2) is 7.05. The van der Waals surface area contributed by atoms with E-state index in [1.807, 2.05) is 11.3 Å². The van der Waals surface area contributed by atoms with Crippen LogP contribution < -0.4 is 5.32 Å². The molecule has 0 aliphatic heterocycles. The average molecular weight is 287 g/mol. The Hall–Kier alpha value is -1.12. The standard InChI is InChI=1S/C18H25NS/c1-4-16(13-15-9-6-5-7-10-15)19-14-18(2,3)17-11-8-12-20-17/h5-12,16,19H,4,13-14H2,1-3H3. The van der Waals surface area contributed by atoms with Crippen LogP contribution in [0.15, 0.2) is 47.8 Å². The van der Waals surface area contributed by atoms with Crippen LogP contribution in [-0.4, -0.2) is 12.6 Å². The van der Waals surface area contributed by atoms with Crippen LogP contribution in [0.25, 0.3) is 0 Å². The summed E-state index contributed by atoms with van der Waals surface area (Å²) in [6.45, 7) is 7.93. The Morgan fingerprint density at radius 3 is 2.45 bits per heavy atom. The molecule has 0 radical (unpaired) electrons. The summed E-state index contributed by atoms with van der Waals surface area (Å²) in [4.78, 5) is 1.46. The first-order valence-corrected chi connectivity index (χ1v) is 8.31.